The zero-order valence-corrected chi connectivity index (χ0v) is 6.71. The fourth-order valence-electron chi connectivity index (χ4n) is 1.54. The van der Waals surface area contributed by atoms with Crippen molar-refractivity contribution in [2.24, 2.45) is 0 Å². The minimum absolute atomic E-state index is 0.367. The summed E-state index contributed by atoms with van der Waals surface area (Å²) >= 11 is 0. The third-order valence-electron chi connectivity index (χ3n) is 2.17. The molecule has 0 radical (unpaired) electrons. The molecule has 1 aromatic rings. The van der Waals surface area contributed by atoms with E-state index in [9.17, 15) is 4.79 Å². The molecule has 0 aliphatic carbocycles. The quantitative estimate of drug-likeness (QED) is 0.632. The second kappa shape index (κ2) is 3.06. The van der Waals surface area contributed by atoms with Crippen molar-refractivity contribution in [1.29, 1.82) is 0 Å². The Bertz CT molecular complexity index is 276. The number of aromatic amines is 1. The summed E-state index contributed by atoms with van der Waals surface area (Å²) in [5.74, 6) is 0. The van der Waals surface area contributed by atoms with Gasteiger partial charge in [-0.2, -0.15) is 5.10 Å². The minimum atomic E-state index is 0.367. The molecule has 0 spiro atoms. The first kappa shape index (κ1) is 7.49. The average Bonchev–Trinajstić information content (AvgIpc) is 2.75. The van der Waals surface area contributed by atoms with Gasteiger partial charge in [-0.25, -0.2) is 0 Å². The number of rotatable bonds is 2. The SMILES string of the molecule is O=Cc1cc([C@@H]2CCCN2)[nH]n1. The van der Waals surface area contributed by atoms with E-state index < -0.39 is 0 Å². The maximum Gasteiger partial charge on any atom is 0.170 e. The van der Waals surface area contributed by atoms with Crippen LogP contribution in [0.15, 0.2) is 6.07 Å². The fraction of sp³-hybridized carbons (Fsp3) is 0.500. The highest BCUT2D eigenvalue weighted by atomic mass is 16.1. The normalized spacial score (nSPS) is 22.8. The van der Waals surface area contributed by atoms with Crippen LogP contribution < -0.4 is 5.32 Å². The zero-order chi connectivity index (χ0) is 8.39. The Morgan fingerprint density at radius 1 is 1.67 bits per heavy atom. The van der Waals surface area contributed by atoms with E-state index in [-0.39, 0.29) is 0 Å². The van der Waals surface area contributed by atoms with E-state index >= 15 is 0 Å². The Labute approximate surface area is 70.4 Å². The second-order valence-corrected chi connectivity index (χ2v) is 3.01. The summed E-state index contributed by atoms with van der Waals surface area (Å²) in [6.07, 6.45) is 3.08. The summed E-state index contributed by atoms with van der Waals surface area (Å²) in [5.41, 5.74) is 1.51. The number of nitrogens with zero attached hydrogens (tertiary/aromatic N) is 1. The van der Waals surface area contributed by atoms with Crippen LogP contribution in [0.25, 0.3) is 0 Å². The van der Waals surface area contributed by atoms with E-state index in [2.05, 4.69) is 15.5 Å². The van der Waals surface area contributed by atoms with Crippen LogP contribution in [-0.2, 0) is 0 Å². The molecule has 0 amide bonds. The van der Waals surface area contributed by atoms with Gasteiger partial charge < -0.3 is 5.32 Å². The lowest BCUT2D eigenvalue weighted by Crippen LogP contribution is -2.12. The van der Waals surface area contributed by atoms with Crippen molar-refractivity contribution in [2.75, 3.05) is 6.54 Å². The van der Waals surface area contributed by atoms with Gasteiger partial charge in [0.25, 0.3) is 0 Å². The van der Waals surface area contributed by atoms with Gasteiger partial charge in [0, 0.05) is 6.04 Å². The number of carbonyl (C=O) groups is 1. The van der Waals surface area contributed by atoms with E-state index in [4.69, 9.17) is 0 Å². The zero-order valence-electron chi connectivity index (χ0n) is 6.71. The third-order valence-corrected chi connectivity index (χ3v) is 2.17. The number of aldehydes is 1. The fourth-order valence-corrected chi connectivity index (χ4v) is 1.54. The Morgan fingerprint density at radius 2 is 2.58 bits per heavy atom. The molecule has 4 nitrogen and oxygen atoms in total. The van der Waals surface area contributed by atoms with Gasteiger partial charge >= 0.3 is 0 Å². The van der Waals surface area contributed by atoms with Gasteiger partial charge in [0.1, 0.15) is 5.69 Å². The van der Waals surface area contributed by atoms with Crippen LogP contribution in [0, 0.1) is 0 Å². The van der Waals surface area contributed by atoms with Crippen molar-refractivity contribution >= 4 is 6.29 Å². The topological polar surface area (TPSA) is 57.8 Å². The molecule has 1 atom stereocenters. The van der Waals surface area contributed by atoms with E-state index in [1.54, 1.807) is 6.07 Å². The van der Waals surface area contributed by atoms with Crippen LogP contribution >= 0.6 is 0 Å². The number of aromatic nitrogens is 2. The first-order valence-electron chi connectivity index (χ1n) is 4.14. The van der Waals surface area contributed by atoms with Crippen molar-refractivity contribution in [1.82, 2.24) is 15.5 Å². The standard InChI is InChI=1S/C8H11N3O/c12-5-6-4-8(11-10-6)7-2-1-3-9-7/h4-5,7,9H,1-3H2,(H,10,11)/t7-/m0/s1. The Morgan fingerprint density at radius 3 is 3.17 bits per heavy atom. The predicted octanol–water partition coefficient (Wildman–Crippen LogP) is 0.647. The molecule has 1 aliphatic heterocycles. The van der Waals surface area contributed by atoms with Gasteiger partial charge in [-0.05, 0) is 25.5 Å². The van der Waals surface area contributed by atoms with Crippen LogP contribution in [-0.4, -0.2) is 23.0 Å². The lowest BCUT2D eigenvalue weighted by Gasteiger charge is -2.04. The molecule has 64 valence electrons. The first-order chi connectivity index (χ1) is 5.90. The Balaban J connectivity index is 2.16. The Kier molecular flexibility index (Phi) is 1.91. The van der Waals surface area contributed by atoms with Crippen LogP contribution in [0.1, 0.15) is 35.1 Å². The summed E-state index contributed by atoms with van der Waals surface area (Å²) in [6, 6.07) is 2.17. The number of nitrogens with one attached hydrogen (secondary N) is 2. The van der Waals surface area contributed by atoms with Gasteiger partial charge in [0.05, 0.1) is 5.69 Å². The summed E-state index contributed by atoms with van der Waals surface area (Å²) in [7, 11) is 0. The molecule has 4 heteroatoms. The molecule has 1 aliphatic rings. The van der Waals surface area contributed by atoms with Gasteiger partial charge in [-0.1, -0.05) is 0 Å². The molecule has 1 aromatic heterocycles. The first-order valence-corrected chi connectivity index (χ1v) is 4.14. The van der Waals surface area contributed by atoms with Gasteiger partial charge in [-0.15, -0.1) is 0 Å². The maximum atomic E-state index is 10.3. The van der Waals surface area contributed by atoms with Crippen molar-refractivity contribution in [3.05, 3.63) is 17.5 Å². The highest BCUT2D eigenvalue weighted by Crippen LogP contribution is 2.20. The van der Waals surface area contributed by atoms with E-state index in [0.717, 1.165) is 24.9 Å². The summed E-state index contributed by atoms with van der Waals surface area (Å²) in [4.78, 5) is 10.3. The van der Waals surface area contributed by atoms with Gasteiger partial charge in [0.15, 0.2) is 6.29 Å². The average molecular weight is 165 g/mol. The molecule has 0 unspecified atom stereocenters. The van der Waals surface area contributed by atoms with E-state index in [1.165, 1.54) is 6.42 Å². The van der Waals surface area contributed by atoms with E-state index in [1.807, 2.05) is 0 Å². The highest BCUT2D eigenvalue weighted by molar-refractivity contribution is 5.71. The van der Waals surface area contributed by atoms with Crippen LogP contribution in [0.4, 0.5) is 0 Å². The highest BCUT2D eigenvalue weighted by Gasteiger charge is 2.17. The molecule has 2 heterocycles. The van der Waals surface area contributed by atoms with Crippen molar-refractivity contribution < 1.29 is 4.79 Å². The van der Waals surface area contributed by atoms with Crippen LogP contribution in [0.3, 0.4) is 0 Å². The molecular weight excluding hydrogens is 154 g/mol. The third kappa shape index (κ3) is 1.25. The minimum Gasteiger partial charge on any atom is -0.309 e. The number of H-pyrrole nitrogens is 1. The van der Waals surface area contributed by atoms with Crippen molar-refractivity contribution in [3.8, 4) is 0 Å². The smallest absolute Gasteiger partial charge is 0.170 e. The molecule has 1 saturated heterocycles. The molecule has 0 bridgehead atoms. The van der Waals surface area contributed by atoms with Crippen LogP contribution in [0.5, 0.6) is 0 Å². The summed E-state index contributed by atoms with van der Waals surface area (Å²) in [6.45, 7) is 1.06. The largest absolute Gasteiger partial charge is 0.309 e. The van der Waals surface area contributed by atoms with Gasteiger partial charge in [-0.3, -0.25) is 9.89 Å². The molecular formula is C8H11N3O. The molecule has 0 aromatic carbocycles. The molecule has 12 heavy (non-hydrogen) atoms. The lowest BCUT2D eigenvalue weighted by molar-refractivity contribution is 0.111. The molecule has 0 saturated carbocycles. The molecule has 2 rings (SSSR count). The Hall–Kier alpha value is -1.16. The molecule has 1 fully saturated rings. The van der Waals surface area contributed by atoms with Crippen molar-refractivity contribution in [2.45, 2.75) is 18.9 Å². The lowest BCUT2D eigenvalue weighted by atomic mass is 10.1. The van der Waals surface area contributed by atoms with Crippen LogP contribution in [0.2, 0.25) is 0 Å². The monoisotopic (exact) mass is 165 g/mol. The predicted molar refractivity (Wildman–Crippen MR) is 44.0 cm³/mol. The molecule has 2 N–H and O–H groups in total. The summed E-state index contributed by atoms with van der Waals surface area (Å²) in [5, 5.41) is 10.0. The number of carbonyl (C=O) groups excluding carboxylic acids is 1. The maximum absolute atomic E-state index is 10.3. The van der Waals surface area contributed by atoms with E-state index in [0.29, 0.717) is 11.7 Å². The number of hydrogen-bond acceptors (Lipinski definition) is 3. The second-order valence-electron chi connectivity index (χ2n) is 3.01. The van der Waals surface area contributed by atoms with Crippen molar-refractivity contribution in [3.63, 3.8) is 0 Å². The summed E-state index contributed by atoms with van der Waals surface area (Å²) < 4.78 is 0. The number of hydrogen-bond donors (Lipinski definition) is 2. The van der Waals surface area contributed by atoms with Gasteiger partial charge in [0.2, 0.25) is 0 Å².